The van der Waals surface area contributed by atoms with Crippen molar-refractivity contribution in [3.63, 3.8) is 0 Å². The summed E-state index contributed by atoms with van der Waals surface area (Å²) in [6.45, 7) is 4.05. The normalized spacial score (nSPS) is 19.1. The van der Waals surface area contributed by atoms with E-state index in [0.29, 0.717) is 12.2 Å². The summed E-state index contributed by atoms with van der Waals surface area (Å²) in [5.74, 6) is -1.61. The molecule has 2 heterocycles. The molecule has 132 valence electrons. The highest BCUT2D eigenvalue weighted by atomic mass is 16.2. The van der Waals surface area contributed by atoms with E-state index in [1.54, 1.807) is 13.0 Å². The third-order valence-corrected chi connectivity index (χ3v) is 4.08. The number of hydrogen-bond donors (Lipinski definition) is 2. The van der Waals surface area contributed by atoms with Crippen LogP contribution in [-0.2, 0) is 14.4 Å². The molecule has 0 saturated heterocycles. The molecule has 1 aliphatic carbocycles. The summed E-state index contributed by atoms with van der Waals surface area (Å²) < 4.78 is 1.29. The van der Waals surface area contributed by atoms with Crippen LogP contribution in [-0.4, -0.2) is 45.7 Å². The number of amides is 3. The SMILES string of the molecule is CCCNC(=O)C(=O)Nc1cc(C)nn1C1=NC(=O)C2CCCC2=N1. The number of carbonyl (C=O) groups excluding carboxylic acids is 3. The van der Waals surface area contributed by atoms with E-state index in [-0.39, 0.29) is 23.6 Å². The van der Waals surface area contributed by atoms with E-state index < -0.39 is 11.8 Å². The zero-order valence-corrected chi connectivity index (χ0v) is 14.2. The van der Waals surface area contributed by atoms with Crippen LogP contribution in [0.5, 0.6) is 0 Å². The lowest BCUT2D eigenvalue weighted by molar-refractivity contribution is -0.136. The number of fused-ring (bicyclic) bond motifs is 1. The summed E-state index contributed by atoms with van der Waals surface area (Å²) in [6, 6.07) is 1.60. The minimum Gasteiger partial charge on any atom is -0.348 e. The summed E-state index contributed by atoms with van der Waals surface area (Å²) in [4.78, 5) is 44.3. The molecule has 0 spiro atoms. The molecule has 1 unspecified atom stereocenters. The minimum atomic E-state index is -0.802. The second-order valence-electron chi connectivity index (χ2n) is 6.09. The molecule has 1 aromatic heterocycles. The first-order valence-electron chi connectivity index (χ1n) is 8.35. The minimum absolute atomic E-state index is 0.121. The Morgan fingerprint density at radius 2 is 2.12 bits per heavy atom. The summed E-state index contributed by atoms with van der Waals surface area (Å²) in [7, 11) is 0. The molecule has 9 heteroatoms. The van der Waals surface area contributed by atoms with E-state index in [1.807, 2.05) is 6.92 Å². The van der Waals surface area contributed by atoms with Crippen molar-refractivity contribution in [2.75, 3.05) is 11.9 Å². The third kappa shape index (κ3) is 3.49. The van der Waals surface area contributed by atoms with Crippen LogP contribution in [0.2, 0.25) is 0 Å². The van der Waals surface area contributed by atoms with E-state index in [9.17, 15) is 14.4 Å². The lowest BCUT2D eigenvalue weighted by Crippen LogP contribution is -2.36. The number of carbonyl (C=O) groups is 3. The average Bonchev–Trinajstić information content (AvgIpc) is 3.19. The van der Waals surface area contributed by atoms with Crippen molar-refractivity contribution in [3.05, 3.63) is 11.8 Å². The smallest absolute Gasteiger partial charge is 0.314 e. The van der Waals surface area contributed by atoms with Crippen LogP contribution >= 0.6 is 0 Å². The molecule has 0 aromatic carbocycles. The number of anilines is 1. The van der Waals surface area contributed by atoms with Gasteiger partial charge in [0.25, 0.3) is 11.9 Å². The molecule has 0 bridgehead atoms. The number of nitrogens with zero attached hydrogens (tertiary/aromatic N) is 4. The van der Waals surface area contributed by atoms with Crippen LogP contribution < -0.4 is 10.6 Å². The fourth-order valence-corrected chi connectivity index (χ4v) is 2.89. The predicted molar refractivity (Wildman–Crippen MR) is 91.5 cm³/mol. The van der Waals surface area contributed by atoms with Crippen LogP contribution in [0.15, 0.2) is 16.1 Å². The van der Waals surface area contributed by atoms with Gasteiger partial charge in [0.15, 0.2) is 0 Å². The fraction of sp³-hybridized carbons (Fsp3) is 0.500. The topological polar surface area (TPSA) is 118 Å². The maximum atomic E-state index is 12.2. The summed E-state index contributed by atoms with van der Waals surface area (Å²) in [6.07, 6.45) is 3.18. The standard InChI is InChI=1S/C16H20N6O3/c1-3-7-17-14(24)15(25)19-12-8-9(2)21-22(12)16-18-11-6-4-5-10(11)13(23)20-16/h8,10H,3-7H2,1-2H3,(H,17,24)(H,19,25). The molecule has 1 aliphatic heterocycles. The first-order chi connectivity index (χ1) is 12.0. The highest BCUT2D eigenvalue weighted by Gasteiger charge is 2.33. The predicted octanol–water partition coefficient (Wildman–Crippen LogP) is 0.642. The Morgan fingerprint density at radius 3 is 2.88 bits per heavy atom. The van der Waals surface area contributed by atoms with Crippen LogP contribution in [0.1, 0.15) is 38.3 Å². The largest absolute Gasteiger partial charge is 0.348 e. The molecule has 2 aliphatic rings. The maximum absolute atomic E-state index is 12.2. The molecule has 1 atom stereocenters. The van der Waals surface area contributed by atoms with Gasteiger partial charge < -0.3 is 10.6 Å². The van der Waals surface area contributed by atoms with Gasteiger partial charge in [0.1, 0.15) is 5.82 Å². The van der Waals surface area contributed by atoms with Crippen LogP contribution in [0, 0.1) is 12.8 Å². The first-order valence-corrected chi connectivity index (χ1v) is 8.35. The van der Waals surface area contributed by atoms with Crippen LogP contribution in [0.4, 0.5) is 5.82 Å². The molecule has 1 saturated carbocycles. The van der Waals surface area contributed by atoms with E-state index in [2.05, 4.69) is 25.7 Å². The van der Waals surface area contributed by atoms with Crippen LogP contribution in [0.25, 0.3) is 0 Å². The summed E-state index contributed by atoms with van der Waals surface area (Å²) in [5, 5.41) is 9.24. The molecule has 3 rings (SSSR count). The number of aliphatic imine (C=N–C) groups is 2. The molecule has 0 radical (unpaired) electrons. The molecule has 25 heavy (non-hydrogen) atoms. The van der Waals surface area contributed by atoms with Crippen molar-refractivity contribution < 1.29 is 14.4 Å². The Labute approximate surface area is 144 Å². The Hall–Kier alpha value is -2.84. The second-order valence-corrected chi connectivity index (χ2v) is 6.09. The molecular weight excluding hydrogens is 324 g/mol. The zero-order chi connectivity index (χ0) is 18.0. The quantitative estimate of drug-likeness (QED) is 0.782. The molecule has 1 aromatic rings. The average molecular weight is 344 g/mol. The fourth-order valence-electron chi connectivity index (χ4n) is 2.89. The summed E-state index contributed by atoms with van der Waals surface area (Å²) >= 11 is 0. The lowest BCUT2D eigenvalue weighted by Gasteiger charge is -2.15. The van der Waals surface area contributed by atoms with E-state index >= 15 is 0 Å². The van der Waals surface area contributed by atoms with Crippen molar-refractivity contribution in [1.82, 2.24) is 15.1 Å². The monoisotopic (exact) mass is 344 g/mol. The summed E-state index contributed by atoms with van der Waals surface area (Å²) in [5.41, 5.74) is 1.41. The molecule has 2 N–H and O–H groups in total. The zero-order valence-electron chi connectivity index (χ0n) is 14.2. The number of aryl methyl sites for hydroxylation is 1. The maximum Gasteiger partial charge on any atom is 0.314 e. The number of hydrogen-bond acceptors (Lipinski definition) is 5. The van der Waals surface area contributed by atoms with Gasteiger partial charge >= 0.3 is 11.8 Å². The van der Waals surface area contributed by atoms with E-state index in [1.165, 1.54) is 4.68 Å². The van der Waals surface area contributed by atoms with Gasteiger partial charge in [0.2, 0.25) is 0 Å². The Balaban J connectivity index is 1.83. The van der Waals surface area contributed by atoms with Crippen molar-refractivity contribution in [3.8, 4) is 0 Å². The van der Waals surface area contributed by atoms with Gasteiger partial charge in [0.05, 0.1) is 11.6 Å². The van der Waals surface area contributed by atoms with Gasteiger partial charge in [-0.2, -0.15) is 14.8 Å². The van der Waals surface area contributed by atoms with Gasteiger partial charge in [-0.3, -0.25) is 14.4 Å². The highest BCUT2D eigenvalue weighted by Crippen LogP contribution is 2.27. The Morgan fingerprint density at radius 1 is 1.32 bits per heavy atom. The van der Waals surface area contributed by atoms with Crippen molar-refractivity contribution in [1.29, 1.82) is 0 Å². The lowest BCUT2D eigenvalue weighted by atomic mass is 10.1. The van der Waals surface area contributed by atoms with E-state index in [4.69, 9.17) is 0 Å². The van der Waals surface area contributed by atoms with Crippen LogP contribution in [0.3, 0.4) is 0 Å². The molecular formula is C16H20N6O3. The molecule has 9 nitrogen and oxygen atoms in total. The van der Waals surface area contributed by atoms with Gasteiger partial charge in [0, 0.05) is 18.3 Å². The highest BCUT2D eigenvalue weighted by molar-refractivity contribution is 6.39. The van der Waals surface area contributed by atoms with Gasteiger partial charge in [-0.25, -0.2) is 4.99 Å². The Kier molecular flexibility index (Phi) is 4.73. The third-order valence-electron chi connectivity index (χ3n) is 4.08. The van der Waals surface area contributed by atoms with E-state index in [0.717, 1.165) is 31.4 Å². The number of rotatable bonds is 3. The van der Waals surface area contributed by atoms with Gasteiger partial charge in [-0.15, -0.1) is 0 Å². The van der Waals surface area contributed by atoms with Crippen molar-refractivity contribution in [2.24, 2.45) is 15.9 Å². The number of aromatic nitrogens is 2. The Bertz CT molecular complexity index is 792. The second kappa shape index (κ2) is 6.96. The molecule has 1 fully saturated rings. The molecule has 3 amide bonds. The van der Waals surface area contributed by atoms with Crippen molar-refractivity contribution >= 4 is 35.2 Å². The van der Waals surface area contributed by atoms with Gasteiger partial charge in [-0.05, 0) is 32.6 Å². The first kappa shape index (κ1) is 17.0. The van der Waals surface area contributed by atoms with Crippen molar-refractivity contribution in [2.45, 2.75) is 39.5 Å². The van der Waals surface area contributed by atoms with Gasteiger partial charge in [-0.1, -0.05) is 6.92 Å². The number of nitrogens with one attached hydrogen (secondary N) is 2.